The Bertz CT molecular complexity index is 957. The monoisotopic (exact) mass is 486 g/mol. The highest BCUT2D eigenvalue weighted by molar-refractivity contribution is 9.10. The quantitative estimate of drug-likeness (QED) is 0.422. The van der Waals surface area contributed by atoms with E-state index in [9.17, 15) is 4.79 Å². The fraction of sp³-hybridized carbons (Fsp3) is 0.348. The van der Waals surface area contributed by atoms with E-state index in [0.29, 0.717) is 11.7 Å². The van der Waals surface area contributed by atoms with Crippen LogP contribution in [0.5, 0.6) is 0 Å². The van der Waals surface area contributed by atoms with Crippen LogP contribution in [0.25, 0.3) is 11.4 Å². The van der Waals surface area contributed by atoms with E-state index in [-0.39, 0.29) is 11.9 Å². The number of hydrogen-bond donors (Lipinski definition) is 1. The smallest absolute Gasteiger partial charge is 0.230 e. The van der Waals surface area contributed by atoms with Gasteiger partial charge in [0.2, 0.25) is 5.91 Å². The summed E-state index contributed by atoms with van der Waals surface area (Å²) in [6, 6.07) is 18.6. The van der Waals surface area contributed by atoms with E-state index in [1.807, 2.05) is 49.4 Å². The van der Waals surface area contributed by atoms with Gasteiger partial charge in [-0.1, -0.05) is 84.0 Å². The Morgan fingerprint density at radius 1 is 1.07 bits per heavy atom. The lowest BCUT2D eigenvalue weighted by Crippen LogP contribution is -2.37. The van der Waals surface area contributed by atoms with Gasteiger partial charge in [0, 0.05) is 22.6 Å². The molecule has 158 valence electrons. The van der Waals surface area contributed by atoms with Crippen molar-refractivity contribution in [2.24, 2.45) is 5.92 Å². The summed E-state index contributed by atoms with van der Waals surface area (Å²) in [7, 11) is 0. The van der Waals surface area contributed by atoms with E-state index in [1.165, 1.54) is 17.3 Å². The Balaban J connectivity index is 1.78. The minimum Gasteiger partial charge on any atom is -0.353 e. The second kappa shape index (κ2) is 10.8. The van der Waals surface area contributed by atoms with E-state index in [1.54, 1.807) is 0 Å². The highest BCUT2D eigenvalue weighted by Crippen LogP contribution is 2.26. The van der Waals surface area contributed by atoms with Crippen LogP contribution in [0.15, 0.2) is 64.2 Å². The van der Waals surface area contributed by atoms with E-state index < -0.39 is 0 Å². The number of carbonyl (C=O) groups is 1. The minimum atomic E-state index is 0.0176. The molecule has 3 rings (SSSR count). The standard InChI is InChI=1S/C23H27BrN4OS/c1-16(2)17(3)25-21(29)15-30-23-27-26-22(19-9-11-20(24)12-10-19)28(23)14-13-18-7-5-4-6-8-18/h4-12,16-17H,13-15H2,1-3H3,(H,25,29)/t17-/m1/s1. The van der Waals surface area contributed by atoms with Crippen molar-refractivity contribution in [1.29, 1.82) is 0 Å². The molecule has 0 aliphatic carbocycles. The average Bonchev–Trinajstić information content (AvgIpc) is 3.14. The van der Waals surface area contributed by atoms with Crippen LogP contribution in [-0.2, 0) is 17.8 Å². The van der Waals surface area contributed by atoms with Crippen molar-refractivity contribution >= 4 is 33.6 Å². The molecular weight excluding hydrogens is 460 g/mol. The molecule has 1 amide bonds. The second-order valence-corrected chi connectivity index (χ2v) is 9.45. The molecule has 30 heavy (non-hydrogen) atoms. The van der Waals surface area contributed by atoms with Gasteiger partial charge in [0.05, 0.1) is 5.75 Å². The van der Waals surface area contributed by atoms with E-state index in [2.05, 4.69) is 62.0 Å². The van der Waals surface area contributed by atoms with Crippen molar-refractivity contribution in [3.63, 3.8) is 0 Å². The maximum atomic E-state index is 12.3. The van der Waals surface area contributed by atoms with Gasteiger partial charge < -0.3 is 9.88 Å². The molecule has 0 aliphatic heterocycles. The molecule has 1 atom stereocenters. The molecule has 0 unspecified atom stereocenters. The normalized spacial score (nSPS) is 12.2. The molecule has 1 N–H and O–H groups in total. The average molecular weight is 487 g/mol. The number of hydrogen-bond acceptors (Lipinski definition) is 4. The van der Waals surface area contributed by atoms with Crippen LogP contribution in [0.1, 0.15) is 26.3 Å². The number of halogens is 1. The Labute approximate surface area is 190 Å². The lowest BCUT2D eigenvalue weighted by atomic mass is 10.1. The van der Waals surface area contributed by atoms with E-state index in [0.717, 1.165) is 34.0 Å². The third kappa shape index (κ3) is 6.19. The zero-order valence-electron chi connectivity index (χ0n) is 17.5. The van der Waals surface area contributed by atoms with Crippen LogP contribution < -0.4 is 5.32 Å². The number of aromatic nitrogens is 3. The van der Waals surface area contributed by atoms with Crippen LogP contribution in [0.4, 0.5) is 0 Å². The Hall–Kier alpha value is -2.12. The maximum Gasteiger partial charge on any atom is 0.230 e. The van der Waals surface area contributed by atoms with Crippen molar-refractivity contribution in [3.05, 3.63) is 64.6 Å². The third-order valence-corrected chi connectivity index (χ3v) is 6.50. The molecule has 0 aliphatic rings. The van der Waals surface area contributed by atoms with E-state index in [4.69, 9.17) is 0 Å². The first kappa shape index (κ1) is 22.6. The topological polar surface area (TPSA) is 59.8 Å². The zero-order valence-corrected chi connectivity index (χ0v) is 19.9. The van der Waals surface area contributed by atoms with Crippen LogP contribution >= 0.6 is 27.7 Å². The molecule has 0 saturated carbocycles. The van der Waals surface area contributed by atoms with E-state index >= 15 is 0 Å². The van der Waals surface area contributed by atoms with Gasteiger partial charge in [-0.2, -0.15) is 0 Å². The van der Waals surface area contributed by atoms with Gasteiger partial charge in [-0.3, -0.25) is 4.79 Å². The summed E-state index contributed by atoms with van der Waals surface area (Å²) < 4.78 is 3.13. The Kier molecular flexibility index (Phi) is 8.10. The van der Waals surface area contributed by atoms with Crippen molar-refractivity contribution in [2.75, 3.05) is 5.75 Å². The van der Waals surface area contributed by atoms with Crippen molar-refractivity contribution < 1.29 is 4.79 Å². The summed E-state index contributed by atoms with van der Waals surface area (Å²) in [5.41, 5.74) is 2.26. The molecule has 0 radical (unpaired) electrons. The maximum absolute atomic E-state index is 12.3. The summed E-state index contributed by atoms with van der Waals surface area (Å²) >= 11 is 4.91. The van der Waals surface area contributed by atoms with Gasteiger partial charge in [0.15, 0.2) is 11.0 Å². The van der Waals surface area contributed by atoms with Crippen molar-refractivity contribution in [1.82, 2.24) is 20.1 Å². The fourth-order valence-corrected chi connectivity index (χ4v) is 3.93. The number of rotatable bonds is 9. The predicted molar refractivity (Wildman–Crippen MR) is 126 cm³/mol. The molecule has 7 heteroatoms. The van der Waals surface area contributed by atoms with Gasteiger partial charge in [-0.25, -0.2) is 0 Å². The molecule has 0 saturated heterocycles. The second-order valence-electron chi connectivity index (χ2n) is 7.59. The van der Waals surface area contributed by atoms with Gasteiger partial charge in [-0.05, 0) is 37.0 Å². The number of benzene rings is 2. The molecule has 2 aromatic carbocycles. The van der Waals surface area contributed by atoms with Crippen molar-refractivity contribution in [2.45, 2.75) is 44.9 Å². The largest absolute Gasteiger partial charge is 0.353 e. The number of thioether (sulfide) groups is 1. The van der Waals surface area contributed by atoms with Gasteiger partial charge in [0.1, 0.15) is 0 Å². The van der Waals surface area contributed by atoms with Crippen LogP contribution in [0.2, 0.25) is 0 Å². The first-order chi connectivity index (χ1) is 14.4. The fourth-order valence-electron chi connectivity index (χ4n) is 2.89. The molecule has 0 fully saturated rings. The summed E-state index contributed by atoms with van der Waals surface area (Å²) in [4.78, 5) is 12.3. The van der Waals surface area contributed by atoms with Gasteiger partial charge in [-0.15, -0.1) is 10.2 Å². The number of aryl methyl sites for hydroxylation is 1. The first-order valence-corrected chi connectivity index (χ1v) is 11.9. The van der Waals surface area contributed by atoms with Crippen molar-refractivity contribution in [3.8, 4) is 11.4 Å². The summed E-state index contributed by atoms with van der Waals surface area (Å²) in [5.74, 6) is 1.55. The molecule has 3 aromatic rings. The Morgan fingerprint density at radius 3 is 2.43 bits per heavy atom. The van der Waals surface area contributed by atoms with Crippen LogP contribution in [0, 0.1) is 5.92 Å². The molecule has 1 aromatic heterocycles. The molecule has 1 heterocycles. The lowest BCUT2D eigenvalue weighted by molar-refractivity contribution is -0.119. The van der Waals surface area contributed by atoms with Gasteiger partial charge in [0.25, 0.3) is 0 Å². The number of amides is 1. The molecule has 0 spiro atoms. The number of nitrogens with one attached hydrogen (secondary N) is 1. The molecule has 5 nitrogen and oxygen atoms in total. The number of nitrogens with zero attached hydrogens (tertiary/aromatic N) is 3. The SMILES string of the molecule is CC(C)[C@@H](C)NC(=O)CSc1nnc(-c2ccc(Br)cc2)n1CCc1ccccc1. The third-order valence-electron chi connectivity index (χ3n) is 5.01. The first-order valence-electron chi connectivity index (χ1n) is 10.1. The lowest BCUT2D eigenvalue weighted by Gasteiger charge is -2.17. The molecule has 0 bridgehead atoms. The van der Waals surface area contributed by atoms with Gasteiger partial charge >= 0.3 is 0 Å². The number of carbonyl (C=O) groups excluding carboxylic acids is 1. The van der Waals surface area contributed by atoms with Crippen LogP contribution in [-0.4, -0.2) is 32.5 Å². The van der Waals surface area contributed by atoms with Crippen LogP contribution in [0.3, 0.4) is 0 Å². The highest BCUT2D eigenvalue weighted by atomic mass is 79.9. The molecular formula is C23H27BrN4OS. The zero-order chi connectivity index (χ0) is 21.5. The summed E-state index contributed by atoms with van der Waals surface area (Å²) in [6.07, 6.45) is 0.868. The highest BCUT2D eigenvalue weighted by Gasteiger charge is 2.17. The summed E-state index contributed by atoms with van der Waals surface area (Å²) in [6.45, 7) is 6.97. The predicted octanol–water partition coefficient (Wildman–Crippen LogP) is 5.20. The Morgan fingerprint density at radius 2 is 1.77 bits per heavy atom. The minimum absolute atomic E-state index is 0.0176. The summed E-state index contributed by atoms with van der Waals surface area (Å²) in [5, 5.41) is 12.6.